The summed E-state index contributed by atoms with van der Waals surface area (Å²) < 4.78 is 0. The number of carbonyl (C=O) groups is 1. The summed E-state index contributed by atoms with van der Waals surface area (Å²) >= 11 is 5.77. The first kappa shape index (κ1) is 13.9. The summed E-state index contributed by atoms with van der Waals surface area (Å²) in [4.78, 5) is 27.8. The monoisotopic (exact) mass is 295 g/mol. The normalized spacial score (nSPS) is 10.3. The van der Waals surface area contributed by atoms with Crippen LogP contribution in [0.2, 0.25) is 5.02 Å². The number of nitrogens with one attached hydrogen (secondary N) is 1. The molecule has 104 valence electrons. The molecule has 1 heterocycles. The first-order valence-electron chi connectivity index (χ1n) is 5.53. The van der Waals surface area contributed by atoms with Crippen LogP contribution < -0.4 is 0 Å². The van der Waals surface area contributed by atoms with Gasteiger partial charge in [-0.2, -0.15) is 5.10 Å². The topological polar surface area (TPSA) is 105 Å². The molecule has 1 aromatic heterocycles. The molecule has 0 atom stereocenters. The van der Waals surface area contributed by atoms with Gasteiger partial charge in [-0.15, -0.1) is 0 Å². The Morgan fingerprint density at radius 1 is 1.55 bits per heavy atom. The number of H-pyrrole nitrogens is 1. The van der Waals surface area contributed by atoms with Crippen LogP contribution in [-0.2, 0) is 6.54 Å². The Bertz CT molecular complexity index is 644. The maximum atomic E-state index is 12.2. The lowest BCUT2D eigenvalue weighted by Gasteiger charge is -2.15. The van der Waals surface area contributed by atoms with Crippen molar-refractivity contribution >= 4 is 23.2 Å². The lowest BCUT2D eigenvalue weighted by Crippen LogP contribution is -2.27. The molecule has 1 amide bonds. The number of nitrogens with zero attached hydrogens (tertiary/aromatic N) is 4. The molecule has 1 aromatic carbocycles. The molecule has 0 saturated carbocycles. The standard InChI is InChI=1S/C11H10ClN5O3/c1-16(5-9-13-6-14-15-9)11(18)7-3-2-4-8(12)10(7)17(19)20/h2-4,6H,5H2,1H3,(H,13,14,15). The molecule has 0 aliphatic rings. The molecule has 0 bridgehead atoms. The van der Waals surface area contributed by atoms with Gasteiger partial charge in [0.05, 0.1) is 11.5 Å². The number of halogens is 1. The Kier molecular flexibility index (Phi) is 3.94. The van der Waals surface area contributed by atoms with Gasteiger partial charge >= 0.3 is 5.69 Å². The second kappa shape index (κ2) is 5.66. The molecule has 8 nitrogen and oxygen atoms in total. The number of aromatic amines is 1. The van der Waals surface area contributed by atoms with E-state index in [4.69, 9.17) is 11.6 Å². The van der Waals surface area contributed by atoms with E-state index in [1.165, 1.54) is 36.5 Å². The van der Waals surface area contributed by atoms with Crippen LogP contribution >= 0.6 is 11.6 Å². The SMILES string of the molecule is CN(Cc1ncn[nH]1)C(=O)c1cccc(Cl)c1[N+](=O)[O-]. The third-order valence-electron chi connectivity index (χ3n) is 2.60. The second-order valence-corrected chi connectivity index (χ2v) is 4.39. The minimum Gasteiger partial charge on any atom is -0.334 e. The van der Waals surface area contributed by atoms with Crippen molar-refractivity contribution in [1.29, 1.82) is 0 Å². The lowest BCUT2D eigenvalue weighted by molar-refractivity contribution is -0.385. The number of rotatable bonds is 4. The quantitative estimate of drug-likeness (QED) is 0.682. The van der Waals surface area contributed by atoms with E-state index >= 15 is 0 Å². The van der Waals surface area contributed by atoms with Crippen LogP contribution in [-0.4, -0.2) is 38.0 Å². The minimum absolute atomic E-state index is 0.0653. The van der Waals surface area contributed by atoms with Crippen molar-refractivity contribution in [3.63, 3.8) is 0 Å². The largest absolute Gasteiger partial charge is 0.334 e. The average molecular weight is 296 g/mol. The maximum Gasteiger partial charge on any atom is 0.300 e. The van der Waals surface area contributed by atoms with E-state index in [1.807, 2.05) is 0 Å². The second-order valence-electron chi connectivity index (χ2n) is 3.99. The zero-order valence-corrected chi connectivity index (χ0v) is 11.2. The smallest absolute Gasteiger partial charge is 0.300 e. The van der Waals surface area contributed by atoms with Crippen molar-refractivity contribution in [2.24, 2.45) is 0 Å². The summed E-state index contributed by atoms with van der Waals surface area (Å²) in [6.45, 7) is 0.155. The number of hydrogen-bond acceptors (Lipinski definition) is 5. The van der Waals surface area contributed by atoms with Crippen molar-refractivity contribution in [2.45, 2.75) is 6.54 Å². The van der Waals surface area contributed by atoms with E-state index in [9.17, 15) is 14.9 Å². The van der Waals surface area contributed by atoms with Crippen LogP contribution in [0.4, 0.5) is 5.69 Å². The van der Waals surface area contributed by atoms with Gasteiger partial charge in [-0.3, -0.25) is 20.0 Å². The van der Waals surface area contributed by atoms with E-state index in [1.54, 1.807) is 0 Å². The number of aromatic nitrogens is 3. The van der Waals surface area contributed by atoms with E-state index in [0.717, 1.165) is 0 Å². The molecular formula is C11H10ClN5O3. The highest BCUT2D eigenvalue weighted by molar-refractivity contribution is 6.33. The van der Waals surface area contributed by atoms with Gasteiger partial charge in [0, 0.05) is 7.05 Å². The Balaban J connectivity index is 2.29. The van der Waals surface area contributed by atoms with Gasteiger partial charge in [0.2, 0.25) is 0 Å². The number of para-hydroxylation sites is 1. The average Bonchev–Trinajstić information content (AvgIpc) is 2.89. The van der Waals surface area contributed by atoms with E-state index in [0.29, 0.717) is 5.82 Å². The fraction of sp³-hybridized carbons (Fsp3) is 0.182. The van der Waals surface area contributed by atoms with Gasteiger partial charge in [0.1, 0.15) is 22.7 Å². The highest BCUT2D eigenvalue weighted by atomic mass is 35.5. The molecule has 9 heteroatoms. The molecular weight excluding hydrogens is 286 g/mol. The van der Waals surface area contributed by atoms with Gasteiger partial charge in [0.15, 0.2) is 0 Å². The molecule has 0 aliphatic carbocycles. The van der Waals surface area contributed by atoms with Crippen LogP contribution in [0.3, 0.4) is 0 Å². The van der Waals surface area contributed by atoms with Gasteiger partial charge in [0.25, 0.3) is 5.91 Å². The number of benzene rings is 1. The minimum atomic E-state index is -0.669. The summed E-state index contributed by atoms with van der Waals surface area (Å²) in [6.07, 6.45) is 1.31. The lowest BCUT2D eigenvalue weighted by atomic mass is 10.1. The van der Waals surface area contributed by atoms with Crippen LogP contribution in [0.25, 0.3) is 0 Å². The summed E-state index contributed by atoms with van der Waals surface area (Å²) in [5.74, 6) is -0.0406. The predicted octanol–water partition coefficient (Wildman–Crippen LogP) is 1.64. The number of amides is 1. The zero-order chi connectivity index (χ0) is 14.7. The van der Waals surface area contributed by atoms with E-state index in [-0.39, 0.29) is 17.1 Å². The summed E-state index contributed by atoms with van der Waals surface area (Å²) in [7, 11) is 1.51. The van der Waals surface area contributed by atoms with Gasteiger partial charge in [-0.1, -0.05) is 17.7 Å². The number of carbonyl (C=O) groups excluding carboxylic acids is 1. The number of nitro benzene ring substituents is 1. The molecule has 2 aromatic rings. The van der Waals surface area contributed by atoms with Crippen LogP contribution in [0.15, 0.2) is 24.5 Å². The fourth-order valence-electron chi connectivity index (χ4n) is 1.68. The fourth-order valence-corrected chi connectivity index (χ4v) is 1.93. The summed E-state index contributed by atoms with van der Waals surface area (Å²) in [5, 5.41) is 17.2. The molecule has 0 radical (unpaired) electrons. The van der Waals surface area contributed by atoms with Gasteiger partial charge in [-0.25, -0.2) is 4.98 Å². The van der Waals surface area contributed by atoms with Crippen molar-refractivity contribution in [3.8, 4) is 0 Å². The third-order valence-corrected chi connectivity index (χ3v) is 2.90. The Hall–Kier alpha value is -2.48. The van der Waals surface area contributed by atoms with Crippen molar-refractivity contribution in [2.75, 3.05) is 7.05 Å². The molecule has 0 saturated heterocycles. The molecule has 0 unspecified atom stereocenters. The highest BCUT2D eigenvalue weighted by Crippen LogP contribution is 2.29. The van der Waals surface area contributed by atoms with Crippen molar-refractivity contribution in [3.05, 3.63) is 51.1 Å². The molecule has 0 fully saturated rings. The third kappa shape index (κ3) is 2.75. The van der Waals surface area contributed by atoms with E-state index < -0.39 is 16.5 Å². The molecule has 0 aliphatic heterocycles. The number of hydrogen-bond donors (Lipinski definition) is 1. The molecule has 1 N–H and O–H groups in total. The number of nitro groups is 1. The summed E-state index contributed by atoms with van der Waals surface area (Å²) in [5.41, 5.74) is -0.465. The Labute approximate surface area is 118 Å². The molecule has 0 spiro atoms. The van der Waals surface area contributed by atoms with Gasteiger partial charge < -0.3 is 4.90 Å². The maximum absolute atomic E-state index is 12.2. The Morgan fingerprint density at radius 3 is 2.90 bits per heavy atom. The van der Waals surface area contributed by atoms with E-state index in [2.05, 4.69) is 15.2 Å². The molecule has 2 rings (SSSR count). The highest BCUT2D eigenvalue weighted by Gasteiger charge is 2.26. The zero-order valence-electron chi connectivity index (χ0n) is 10.4. The first-order chi connectivity index (χ1) is 9.50. The summed E-state index contributed by atoms with van der Waals surface area (Å²) in [6, 6.07) is 4.22. The Morgan fingerprint density at radius 2 is 2.30 bits per heavy atom. The predicted molar refractivity (Wildman–Crippen MR) is 70.3 cm³/mol. The first-order valence-corrected chi connectivity index (χ1v) is 5.91. The van der Waals surface area contributed by atoms with Crippen molar-refractivity contribution in [1.82, 2.24) is 20.1 Å². The molecule has 20 heavy (non-hydrogen) atoms. The van der Waals surface area contributed by atoms with Crippen LogP contribution in [0, 0.1) is 10.1 Å². The van der Waals surface area contributed by atoms with Gasteiger partial charge in [-0.05, 0) is 12.1 Å². The van der Waals surface area contributed by atoms with Crippen LogP contribution in [0.1, 0.15) is 16.2 Å². The van der Waals surface area contributed by atoms with Crippen LogP contribution in [0.5, 0.6) is 0 Å². The van der Waals surface area contributed by atoms with Crippen molar-refractivity contribution < 1.29 is 9.72 Å².